The van der Waals surface area contributed by atoms with Crippen LogP contribution in [0.2, 0.25) is 0 Å². The summed E-state index contributed by atoms with van der Waals surface area (Å²) in [5.74, 6) is -2.95. The minimum absolute atomic E-state index is 0.0798. The Labute approximate surface area is 139 Å². The number of hydrogen-bond donors (Lipinski definition) is 1. The number of fused-ring (bicyclic) bond motifs is 1. The molecule has 1 aromatic carbocycles. The SMILES string of the molecule is CCOC(=O)[C@@H]1C(=O)O[C@H]2[C@H](O)[C@@H](OCc3ccccc3)OC[C@@H]12. The molecule has 2 aliphatic rings. The van der Waals surface area contributed by atoms with Crippen LogP contribution in [0.25, 0.3) is 0 Å². The largest absolute Gasteiger partial charge is 0.465 e. The molecule has 0 bridgehead atoms. The lowest BCUT2D eigenvalue weighted by Gasteiger charge is -2.35. The summed E-state index contributed by atoms with van der Waals surface area (Å²) in [5, 5.41) is 10.4. The van der Waals surface area contributed by atoms with E-state index in [4.69, 9.17) is 18.9 Å². The van der Waals surface area contributed by atoms with Crippen LogP contribution in [0.15, 0.2) is 30.3 Å². The van der Waals surface area contributed by atoms with Gasteiger partial charge >= 0.3 is 11.9 Å². The second kappa shape index (κ2) is 7.29. The van der Waals surface area contributed by atoms with Crippen LogP contribution < -0.4 is 0 Å². The number of ether oxygens (including phenoxy) is 4. The molecule has 0 radical (unpaired) electrons. The Balaban J connectivity index is 1.63. The second-order valence-corrected chi connectivity index (χ2v) is 5.78. The molecule has 2 fully saturated rings. The zero-order valence-electron chi connectivity index (χ0n) is 13.3. The molecule has 0 unspecified atom stereocenters. The summed E-state index contributed by atoms with van der Waals surface area (Å²) in [5.41, 5.74) is 0.934. The Kier molecular flexibility index (Phi) is 5.13. The fraction of sp³-hybridized carbons (Fsp3) is 0.529. The molecule has 24 heavy (non-hydrogen) atoms. The van der Waals surface area contributed by atoms with Crippen molar-refractivity contribution in [1.82, 2.24) is 0 Å². The Morgan fingerprint density at radius 1 is 1.33 bits per heavy atom. The zero-order valence-corrected chi connectivity index (χ0v) is 13.3. The highest BCUT2D eigenvalue weighted by Crippen LogP contribution is 2.37. The normalized spacial score (nSPS) is 32.1. The molecular weight excluding hydrogens is 316 g/mol. The molecule has 0 saturated carbocycles. The molecule has 0 aromatic heterocycles. The highest BCUT2D eigenvalue weighted by Gasteiger charge is 2.56. The van der Waals surface area contributed by atoms with Crippen LogP contribution in [0.4, 0.5) is 0 Å². The third kappa shape index (κ3) is 3.28. The molecule has 2 heterocycles. The fourth-order valence-electron chi connectivity index (χ4n) is 3.04. The first-order valence-electron chi connectivity index (χ1n) is 7.94. The summed E-state index contributed by atoms with van der Waals surface area (Å²) >= 11 is 0. The summed E-state index contributed by atoms with van der Waals surface area (Å²) in [6.07, 6.45) is -2.91. The molecule has 3 rings (SSSR count). The Bertz CT molecular complexity index is 588. The van der Waals surface area contributed by atoms with Crippen molar-refractivity contribution in [1.29, 1.82) is 0 Å². The maximum atomic E-state index is 12.0. The Morgan fingerprint density at radius 2 is 2.08 bits per heavy atom. The minimum Gasteiger partial charge on any atom is -0.465 e. The predicted octanol–water partition coefficient (Wildman–Crippen LogP) is 0.641. The Morgan fingerprint density at radius 3 is 2.79 bits per heavy atom. The molecule has 130 valence electrons. The van der Waals surface area contributed by atoms with Crippen molar-refractivity contribution in [3.63, 3.8) is 0 Å². The van der Waals surface area contributed by atoms with E-state index < -0.39 is 42.3 Å². The first-order valence-corrected chi connectivity index (χ1v) is 7.94. The highest BCUT2D eigenvalue weighted by atomic mass is 16.7. The molecule has 1 aromatic rings. The van der Waals surface area contributed by atoms with Crippen LogP contribution in [0.3, 0.4) is 0 Å². The molecule has 1 N–H and O–H groups in total. The monoisotopic (exact) mass is 336 g/mol. The first kappa shape index (κ1) is 16.9. The lowest BCUT2D eigenvalue weighted by molar-refractivity contribution is -0.257. The lowest BCUT2D eigenvalue weighted by Crippen LogP contribution is -2.51. The number of hydrogen-bond acceptors (Lipinski definition) is 7. The van der Waals surface area contributed by atoms with Crippen molar-refractivity contribution in [2.75, 3.05) is 13.2 Å². The smallest absolute Gasteiger partial charge is 0.321 e. The summed E-state index contributed by atoms with van der Waals surface area (Å²) in [6, 6.07) is 9.45. The minimum atomic E-state index is -1.16. The van der Waals surface area contributed by atoms with Crippen molar-refractivity contribution in [3.05, 3.63) is 35.9 Å². The van der Waals surface area contributed by atoms with Crippen molar-refractivity contribution in [3.8, 4) is 0 Å². The van der Waals surface area contributed by atoms with Gasteiger partial charge in [0.15, 0.2) is 12.2 Å². The van der Waals surface area contributed by atoms with E-state index in [1.165, 1.54) is 0 Å². The summed E-state index contributed by atoms with van der Waals surface area (Å²) in [6.45, 7) is 2.17. The number of carbonyl (C=O) groups is 2. The molecule has 0 aliphatic carbocycles. The standard InChI is InChI=1S/C17H20O7/c1-2-21-15(19)12-11-9-23-17(13(18)14(11)24-16(12)20)22-8-10-6-4-3-5-7-10/h3-7,11-14,17-18H,2,8-9H2,1H3/t11-,12+,13-,14+,17-/m0/s1. The van der Waals surface area contributed by atoms with E-state index >= 15 is 0 Å². The molecule has 7 nitrogen and oxygen atoms in total. The average molecular weight is 336 g/mol. The van der Waals surface area contributed by atoms with E-state index in [1.54, 1.807) is 6.92 Å². The van der Waals surface area contributed by atoms with E-state index in [-0.39, 0.29) is 19.8 Å². The van der Waals surface area contributed by atoms with Gasteiger partial charge in [-0.1, -0.05) is 30.3 Å². The maximum absolute atomic E-state index is 12.0. The summed E-state index contributed by atoms with van der Waals surface area (Å²) in [4.78, 5) is 23.9. The highest BCUT2D eigenvalue weighted by molar-refractivity contribution is 5.96. The second-order valence-electron chi connectivity index (χ2n) is 5.78. The molecule has 0 spiro atoms. The quantitative estimate of drug-likeness (QED) is 0.623. The van der Waals surface area contributed by atoms with Gasteiger partial charge in [0.1, 0.15) is 12.2 Å². The first-order chi connectivity index (χ1) is 11.6. The van der Waals surface area contributed by atoms with E-state index in [0.29, 0.717) is 0 Å². The average Bonchev–Trinajstić information content (AvgIpc) is 2.92. The maximum Gasteiger partial charge on any atom is 0.321 e. The third-order valence-corrected chi connectivity index (χ3v) is 4.22. The van der Waals surface area contributed by atoms with Gasteiger partial charge in [0.2, 0.25) is 0 Å². The van der Waals surface area contributed by atoms with Crippen molar-refractivity contribution in [2.45, 2.75) is 32.0 Å². The third-order valence-electron chi connectivity index (χ3n) is 4.22. The lowest BCUT2D eigenvalue weighted by atomic mass is 9.87. The topological polar surface area (TPSA) is 91.3 Å². The van der Waals surface area contributed by atoms with E-state index in [2.05, 4.69) is 0 Å². The van der Waals surface area contributed by atoms with Crippen LogP contribution in [0.1, 0.15) is 12.5 Å². The van der Waals surface area contributed by atoms with Crippen LogP contribution >= 0.6 is 0 Å². The van der Waals surface area contributed by atoms with Crippen LogP contribution in [-0.4, -0.2) is 48.8 Å². The van der Waals surface area contributed by atoms with Crippen LogP contribution in [0, 0.1) is 11.8 Å². The van der Waals surface area contributed by atoms with Gasteiger partial charge in [-0.15, -0.1) is 0 Å². The Hall–Kier alpha value is -1.96. The molecular formula is C17H20O7. The summed E-state index contributed by atoms with van der Waals surface area (Å²) < 4.78 is 21.2. The zero-order chi connectivity index (χ0) is 17.1. The van der Waals surface area contributed by atoms with Gasteiger partial charge < -0.3 is 24.1 Å². The van der Waals surface area contributed by atoms with Gasteiger partial charge in [0, 0.05) is 5.92 Å². The number of carbonyl (C=O) groups excluding carboxylic acids is 2. The van der Waals surface area contributed by atoms with Crippen molar-refractivity contribution in [2.24, 2.45) is 11.8 Å². The van der Waals surface area contributed by atoms with E-state index in [1.807, 2.05) is 30.3 Å². The number of aliphatic hydroxyl groups excluding tert-OH is 1. The number of aliphatic hydroxyl groups is 1. The molecule has 7 heteroatoms. The van der Waals surface area contributed by atoms with Gasteiger partial charge in [-0.05, 0) is 12.5 Å². The van der Waals surface area contributed by atoms with E-state index in [0.717, 1.165) is 5.56 Å². The van der Waals surface area contributed by atoms with E-state index in [9.17, 15) is 14.7 Å². The van der Waals surface area contributed by atoms with Crippen LogP contribution in [0.5, 0.6) is 0 Å². The van der Waals surface area contributed by atoms with Gasteiger partial charge in [-0.2, -0.15) is 0 Å². The van der Waals surface area contributed by atoms with Gasteiger partial charge in [-0.25, -0.2) is 0 Å². The van der Waals surface area contributed by atoms with Gasteiger partial charge in [0.05, 0.1) is 19.8 Å². The predicted molar refractivity (Wildman–Crippen MR) is 80.5 cm³/mol. The number of esters is 2. The van der Waals surface area contributed by atoms with Crippen molar-refractivity contribution >= 4 is 11.9 Å². The number of benzene rings is 1. The van der Waals surface area contributed by atoms with Gasteiger partial charge in [-0.3, -0.25) is 9.59 Å². The molecule has 0 amide bonds. The molecule has 2 saturated heterocycles. The number of rotatable bonds is 5. The van der Waals surface area contributed by atoms with Gasteiger partial charge in [0.25, 0.3) is 0 Å². The summed E-state index contributed by atoms with van der Waals surface area (Å²) in [7, 11) is 0. The molecule has 5 atom stereocenters. The van der Waals surface area contributed by atoms with Crippen molar-refractivity contribution < 1.29 is 33.6 Å². The molecule has 2 aliphatic heterocycles. The van der Waals surface area contributed by atoms with Crippen LogP contribution in [-0.2, 0) is 35.1 Å². The fourth-order valence-corrected chi connectivity index (χ4v) is 3.04.